The SMILES string of the molecule is CCNC(=O)c1ccc(NC(=O)[C@H](N)C(C)(C)C)cc1. The Morgan fingerprint density at radius 2 is 1.75 bits per heavy atom. The minimum atomic E-state index is -0.592. The summed E-state index contributed by atoms with van der Waals surface area (Å²) in [5, 5.41) is 5.46. The second kappa shape index (κ2) is 6.52. The average Bonchev–Trinajstić information content (AvgIpc) is 2.37. The van der Waals surface area contributed by atoms with Crippen LogP contribution in [0.2, 0.25) is 0 Å². The lowest BCUT2D eigenvalue weighted by Crippen LogP contribution is -2.45. The molecule has 20 heavy (non-hydrogen) atoms. The minimum Gasteiger partial charge on any atom is -0.352 e. The fourth-order valence-corrected chi connectivity index (χ4v) is 1.58. The molecule has 0 aromatic heterocycles. The van der Waals surface area contributed by atoms with Crippen molar-refractivity contribution in [1.29, 1.82) is 0 Å². The lowest BCUT2D eigenvalue weighted by molar-refractivity contribution is -0.119. The maximum atomic E-state index is 12.0. The van der Waals surface area contributed by atoms with E-state index in [1.54, 1.807) is 24.3 Å². The van der Waals surface area contributed by atoms with E-state index in [4.69, 9.17) is 5.73 Å². The third-order valence-electron chi connectivity index (χ3n) is 2.97. The standard InChI is InChI=1S/C15H23N3O2/c1-5-17-13(19)10-6-8-11(9-7-10)18-14(20)12(16)15(2,3)4/h6-9,12H,5,16H2,1-4H3,(H,17,19)(H,18,20)/t12-/m0/s1. The Labute approximate surface area is 119 Å². The van der Waals surface area contributed by atoms with Gasteiger partial charge in [0.2, 0.25) is 5.91 Å². The van der Waals surface area contributed by atoms with Gasteiger partial charge >= 0.3 is 0 Å². The summed E-state index contributed by atoms with van der Waals surface area (Å²) in [4.78, 5) is 23.6. The molecular weight excluding hydrogens is 254 g/mol. The minimum absolute atomic E-state index is 0.128. The predicted molar refractivity (Wildman–Crippen MR) is 80.5 cm³/mol. The largest absolute Gasteiger partial charge is 0.352 e. The summed E-state index contributed by atoms with van der Waals surface area (Å²) in [6.45, 7) is 8.18. The first kappa shape index (κ1) is 16.2. The zero-order valence-electron chi connectivity index (χ0n) is 12.5. The van der Waals surface area contributed by atoms with Crippen molar-refractivity contribution in [1.82, 2.24) is 5.32 Å². The molecule has 0 saturated carbocycles. The Kier molecular flexibility index (Phi) is 5.27. The van der Waals surface area contributed by atoms with Crippen LogP contribution < -0.4 is 16.4 Å². The Hall–Kier alpha value is -1.88. The van der Waals surface area contributed by atoms with Gasteiger partial charge < -0.3 is 16.4 Å². The summed E-state index contributed by atoms with van der Waals surface area (Å²) in [6.07, 6.45) is 0. The molecule has 1 aromatic carbocycles. The molecule has 4 N–H and O–H groups in total. The molecule has 1 rings (SSSR count). The van der Waals surface area contributed by atoms with Crippen LogP contribution in [0.1, 0.15) is 38.1 Å². The van der Waals surface area contributed by atoms with Gasteiger partial charge in [-0.2, -0.15) is 0 Å². The van der Waals surface area contributed by atoms with Crippen LogP contribution >= 0.6 is 0 Å². The highest BCUT2D eigenvalue weighted by Crippen LogP contribution is 2.19. The van der Waals surface area contributed by atoms with Gasteiger partial charge in [0.1, 0.15) is 0 Å². The molecule has 0 unspecified atom stereocenters. The van der Waals surface area contributed by atoms with Crippen molar-refractivity contribution >= 4 is 17.5 Å². The summed E-state index contributed by atoms with van der Waals surface area (Å²) in [5.41, 5.74) is 6.77. The molecule has 0 spiro atoms. The van der Waals surface area contributed by atoms with Crippen LogP contribution in [-0.2, 0) is 4.79 Å². The Balaban J connectivity index is 2.71. The topological polar surface area (TPSA) is 84.2 Å². The predicted octanol–water partition coefficient (Wildman–Crippen LogP) is 1.75. The molecule has 5 heteroatoms. The van der Waals surface area contributed by atoms with Crippen molar-refractivity contribution in [3.8, 4) is 0 Å². The first-order valence-corrected chi connectivity index (χ1v) is 6.70. The van der Waals surface area contributed by atoms with Crippen LogP contribution in [0.4, 0.5) is 5.69 Å². The third kappa shape index (κ3) is 4.35. The zero-order chi connectivity index (χ0) is 15.3. The monoisotopic (exact) mass is 277 g/mol. The van der Waals surface area contributed by atoms with Gasteiger partial charge in [0.05, 0.1) is 6.04 Å². The van der Waals surface area contributed by atoms with Crippen molar-refractivity contribution in [3.63, 3.8) is 0 Å². The zero-order valence-corrected chi connectivity index (χ0v) is 12.5. The molecule has 0 aliphatic carbocycles. The first-order valence-electron chi connectivity index (χ1n) is 6.70. The molecule has 0 aliphatic heterocycles. The Morgan fingerprint density at radius 1 is 1.20 bits per heavy atom. The van der Waals surface area contributed by atoms with E-state index >= 15 is 0 Å². The lowest BCUT2D eigenvalue weighted by atomic mass is 9.87. The van der Waals surface area contributed by atoms with Gasteiger partial charge in [0.25, 0.3) is 5.91 Å². The summed E-state index contributed by atoms with van der Waals surface area (Å²) in [7, 11) is 0. The number of amides is 2. The van der Waals surface area contributed by atoms with Crippen molar-refractivity contribution < 1.29 is 9.59 Å². The van der Waals surface area contributed by atoms with Crippen molar-refractivity contribution in [2.24, 2.45) is 11.1 Å². The van der Waals surface area contributed by atoms with E-state index < -0.39 is 6.04 Å². The number of nitrogens with one attached hydrogen (secondary N) is 2. The number of carbonyl (C=O) groups excluding carboxylic acids is 2. The summed E-state index contributed by atoms with van der Waals surface area (Å²) in [5.74, 6) is -0.361. The maximum Gasteiger partial charge on any atom is 0.251 e. The van der Waals surface area contributed by atoms with Gasteiger partial charge in [-0.05, 0) is 36.6 Å². The molecule has 1 aromatic rings. The van der Waals surface area contributed by atoms with Crippen LogP contribution in [0.3, 0.4) is 0 Å². The maximum absolute atomic E-state index is 12.0. The highest BCUT2D eigenvalue weighted by molar-refractivity contribution is 5.97. The summed E-state index contributed by atoms with van der Waals surface area (Å²) in [6, 6.07) is 6.13. The van der Waals surface area contributed by atoms with Gasteiger partial charge in [-0.3, -0.25) is 9.59 Å². The fraction of sp³-hybridized carbons (Fsp3) is 0.467. The first-order chi connectivity index (χ1) is 9.25. The molecule has 5 nitrogen and oxygen atoms in total. The molecular formula is C15H23N3O2. The van der Waals surface area contributed by atoms with Crippen LogP contribution in [-0.4, -0.2) is 24.4 Å². The molecule has 0 radical (unpaired) electrons. The second-order valence-electron chi connectivity index (χ2n) is 5.77. The van der Waals surface area contributed by atoms with Gasteiger partial charge in [-0.25, -0.2) is 0 Å². The number of benzene rings is 1. The molecule has 1 atom stereocenters. The molecule has 0 fully saturated rings. The number of hydrogen-bond acceptors (Lipinski definition) is 3. The molecule has 0 aliphatic rings. The van der Waals surface area contributed by atoms with Gasteiger partial charge in [0, 0.05) is 17.8 Å². The molecule has 0 saturated heterocycles. The van der Waals surface area contributed by atoms with E-state index in [0.717, 1.165) is 0 Å². The summed E-state index contributed by atoms with van der Waals surface area (Å²) < 4.78 is 0. The smallest absolute Gasteiger partial charge is 0.251 e. The van der Waals surface area contributed by atoms with Crippen LogP contribution in [0.5, 0.6) is 0 Å². The van der Waals surface area contributed by atoms with E-state index in [9.17, 15) is 9.59 Å². The highest BCUT2D eigenvalue weighted by Gasteiger charge is 2.27. The van der Waals surface area contributed by atoms with Gasteiger partial charge in [-0.15, -0.1) is 0 Å². The fourth-order valence-electron chi connectivity index (χ4n) is 1.58. The van der Waals surface area contributed by atoms with E-state index in [-0.39, 0.29) is 17.2 Å². The molecule has 2 amide bonds. The van der Waals surface area contributed by atoms with E-state index in [1.807, 2.05) is 27.7 Å². The number of carbonyl (C=O) groups is 2. The third-order valence-corrected chi connectivity index (χ3v) is 2.97. The van der Waals surface area contributed by atoms with Crippen LogP contribution in [0.25, 0.3) is 0 Å². The Bertz CT molecular complexity index is 475. The quantitative estimate of drug-likeness (QED) is 0.784. The highest BCUT2D eigenvalue weighted by atomic mass is 16.2. The Morgan fingerprint density at radius 3 is 2.20 bits per heavy atom. The lowest BCUT2D eigenvalue weighted by Gasteiger charge is -2.25. The second-order valence-corrected chi connectivity index (χ2v) is 5.77. The van der Waals surface area contributed by atoms with E-state index in [0.29, 0.717) is 17.8 Å². The van der Waals surface area contributed by atoms with Crippen molar-refractivity contribution in [2.75, 3.05) is 11.9 Å². The van der Waals surface area contributed by atoms with E-state index in [1.165, 1.54) is 0 Å². The normalized spacial score (nSPS) is 12.7. The number of anilines is 1. The van der Waals surface area contributed by atoms with Crippen LogP contribution in [0.15, 0.2) is 24.3 Å². The van der Waals surface area contributed by atoms with Crippen molar-refractivity contribution in [2.45, 2.75) is 33.7 Å². The summed E-state index contributed by atoms with van der Waals surface area (Å²) >= 11 is 0. The van der Waals surface area contributed by atoms with Gasteiger partial charge in [-0.1, -0.05) is 20.8 Å². The molecule has 0 heterocycles. The van der Waals surface area contributed by atoms with Gasteiger partial charge in [0.15, 0.2) is 0 Å². The number of rotatable bonds is 4. The van der Waals surface area contributed by atoms with Crippen LogP contribution in [0, 0.1) is 5.41 Å². The number of nitrogens with two attached hydrogens (primary N) is 1. The molecule has 0 bridgehead atoms. The average molecular weight is 277 g/mol. The van der Waals surface area contributed by atoms with Crippen molar-refractivity contribution in [3.05, 3.63) is 29.8 Å². The number of hydrogen-bond donors (Lipinski definition) is 3. The molecule has 110 valence electrons. The van der Waals surface area contributed by atoms with E-state index in [2.05, 4.69) is 10.6 Å².